The molecule has 1 unspecified atom stereocenters. The van der Waals surface area contributed by atoms with Crippen molar-refractivity contribution in [3.05, 3.63) is 0 Å². The van der Waals surface area contributed by atoms with E-state index in [1.54, 1.807) is 6.92 Å². The van der Waals surface area contributed by atoms with Gasteiger partial charge < -0.3 is 16.0 Å². The molecule has 0 bridgehead atoms. The van der Waals surface area contributed by atoms with Crippen LogP contribution in [0.15, 0.2) is 0 Å². The molecule has 2 amide bonds. The Kier molecular flexibility index (Phi) is 5.02. The van der Waals surface area contributed by atoms with Crippen molar-refractivity contribution in [3.63, 3.8) is 0 Å². The van der Waals surface area contributed by atoms with E-state index in [1.807, 2.05) is 4.90 Å². The van der Waals surface area contributed by atoms with Gasteiger partial charge in [0.1, 0.15) is 6.04 Å². The minimum atomic E-state index is -0.440. The molecule has 114 valence electrons. The molecule has 5 nitrogen and oxygen atoms in total. The van der Waals surface area contributed by atoms with Gasteiger partial charge in [-0.15, -0.1) is 0 Å². The lowest BCUT2D eigenvalue weighted by molar-refractivity contribution is -0.139. The standard InChI is InChI=1S/C15H27N3O2/c1-12(13(19)18-9-5-2-6-10-18)17-14(20)15(11-16)7-3-4-8-15/h12H,2-11,16H2,1H3,(H,17,20). The Morgan fingerprint density at radius 2 is 1.75 bits per heavy atom. The maximum absolute atomic E-state index is 12.4. The number of piperidine rings is 1. The largest absolute Gasteiger partial charge is 0.344 e. The summed E-state index contributed by atoms with van der Waals surface area (Å²) in [6.07, 6.45) is 7.14. The number of amides is 2. The molecule has 0 aromatic carbocycles. The number of nitrogens with one attached hydrogen (secondary N) is 1. The highest BCUT2D eigenvalue weighted by molar-refractivity contribution is 5.90. The highest BCUT2D eigenvalue weighted by Crippen LogP contribution is 2.37. The zero-order chi connectivity index (χ0) is 14.6. The summed E-state index contributed by atoms with van der Waals surface area (Å²) < 4.78 is 0. The van der Waals surface area contributed by atoms with Crippen LogP contribution in [-0.4, -0.2) is 42.4 Å². The molecule has 5 heteroatoms. The van der Waals surface area contributed by atoms with Gasteiger partial charge in [0.15, 0.2) is 0 Å². The monoisotopic (exact) mass is 281 g/mol. The fourth-order valence-corrected chi connectivity index (χ4v) is 3.38. The first kappa shape index (κ1) is 15.3. The summed E-state index contributed by atoms with van der Waals surface area (Å²) >= 11 is 0. The van der Waals surface area contributed by atoms with Gasteiger partial charge >= 0.3 is 0 Å². The van der Waals surface area contributed by atoms with E-state index in [0.717, 1.165) is 51.6 Å². The average molecular weight is 281 g/mol. The van der Waals surface area contributed by atoms with Crippen LogP contribution >= 0.6 is 0 Å². The Hall–Kier alpha value is -1.10. The minimum absolute atomic E-state index is 0.0321. The summed E-state index contributed by atoms with van der Waals surface area (Å²) in [6.45, 7) is 3.81. The summed E-state index contributed by atoms with van der Waals surface area (Å²) in [5.41, 5.74) is 5.37. The van der Waals surface area contributed by atoms with E-state index in [2.05, 4.69) is 5.32 Å². The van der Waals surface area contributed by atoms with Gasteiger partial charge in [-0.3, -0.25) is 9.59 Å². The molecule has 2 aliphatic rings. The van der Waals surface area contributed by atoms with Crippen LogP contribution in [0.2, 0.25) is 0 Å². The van der Waals surface area contributed by atoms with Gasteiger partial charge in [-0.25, -0.2) is 0 Å². The zero-order valence-corrected chi connectivity index (χ0v) is 12.5. The molecule has 3 N–H and O–H groups in total. The number of carbonyl (C=O) groups is 2. The molecule has 1 saturated heterocycles. The lowest BCUT2D eigenvalue weighted by atomic mass is 9.85. The maximum atomic E-state index is 12.4. The van der Waals surface area contributed by atoms with Crippen molar-refractivity contribution >= 4 is 11.8 Å². The first-order chi connectivity index (χ1) is 9.59. The summed E-state index contributed by atoms with van der Waals surface area (Å²) in [6, 6.07) is -0.440. The van der Waals surface area contributed by atoms with Gasteiger partial charge in [-0.1, -0.05) is 12.8 Å². The summed E-state index contributed by atoms with van der Waals surface area (Å²) in [7, 11) is 0. The Labute approximate surface area is 121 Å². The third-order valence-corrected chi connectivity index (χ3v) is 4.82. The lowest BCUT2D eigenvalue weighted by Crippen LogP contribution is -2.53. The summed E-state index contributed by atoms with van der Waals surface area (Å²) in [5, 5.41) is 2.90. The average Bonchev–Trinajstić information content (AvgIpc) is 2.97. The fourth-order valence-electron chi connectivity index (χ4n) is 3.38. The highest BCUT2D eigenvalue weighted by Gasteiger charge is 2.40. The maximum Gasteiger partial charge on any atom is 0.244 e. The Morgan fingerprint density at radius 1 is 1.15 bits per heavy atom. The molecule has 0 aromatic rings. The smallest absolute Gasteiger partial charge is 0.244 e. The molecule has 0 spiro atoms. The third kappa shape index (κ3) is 3.14. The lowest BCUT2D eigenvalue weighted by Gasteiger charge is -2.32. The number of hydrogen-bond acceptors (Lipinski definition) is 3. The van der Waals surface area contributed by atoms with E-state index in [9.17, 15) is 9.59 Å². The van der Waals surface area contributed by atoms with Crippen LogP contribution in [0.1, 0.15) is 51.9 Å². The molecule has 1 saturated carbocycles. The van der Waals surface area contributed by atoms with Crippen LogP contribution in [0, 0.1) is 5.41 Å². The van der Waals surface area contributed by atoms with Gasteiger partial charge in [0.25, 0.3) is 0 Å². The first-order valence-electron chi connectivity index (χ1n) is 7.89. The van der Waals surface area contributed by atoms with Gasteiger partial charge in [0.05, 0.1) is 5.41 Å². The molecule has 2 rings (SSSR count). The van der Waals surface area contributed by atoms with E-state index in [1.165, 1.54) is 6.42 Å². The quantitative estimate of drug-likeness (QED) is 0.808. The van der Waals surface area contributed by atoms with Crippen molar-refractivity contribution in [3.8, 4) is 0 Å². The third-order valence-electron chi connectivity index (χ3n) is 4.82. The van der Waals surface area contributed by atoms with Crippen LogP contribution in [0.4, 0.5) is 0 Å². The molecule has 1 aliphatic heterocycles. The van der Waals surface area contributed by atoms with E-state index >= 15 is 0 Å². The first-order valence-corrected chi connectivity index (χ1v) is 7.89. The van der Waals surface area contributed by atoms with Crippen LogP contribution in [0.5, 0.6) is 0 Å². The number of rotatable bonds is 4. The molecule has 20 heavy (non-hydrogen) atoms. The van der Waals surface area contributed by atoms with Gasteiger partial charge in [0.2, 0.25) is 11.8 Å². The molecule has 0 radical (unpaired) electrons. The molecule has 1 atom stereocenters. The SMILES string of the molecule is CC(NC(=O)C1(CN)CCCC1)C(=O)N1CCCCC1. The minimum Gasteiger partial charge on any atom is -0.344 e. The second-order valence-electron chi connectivity index (χ2n) is 6.27. The van der Waals surface area contributed by atoms with Crippen molar-refractivity contribution in [2.45, 2.75) is 57.9 Å². The van der Waals surface area contributed by atoms with Crippen LogP contribution < -0.4 is 11.1 Å². The topological polar surface area (TPSA) is 75.4 Å². The zero-order valence-electron chi connectivity index (χ0n) is 12.5. The summed E-state index contributed by atoms with van der Waals surface area (Å²) in [4.78, 5) is 26.6. The van der Waals surface area contributed by atoms with Crippen molar-refractivity contribution in [1.29, 1.82) is 0 Å². The van der Waals surface area contributed by atoms with Crippen molar-refractivity contribution in [2.24, 2.45) is 11.1 Å². The van der Waals surface area contributed by atoms with E-state index < -0.39 is 11.5 Å². The Balaban J connectivity index is 1.91. The molecular weight excluding hydrogens is 254 g/mol. The number of hydrogen-bond donors (Lipinski definition) is 2. The second kappa shape index (κ2) is 6.57. The van der Waals surface area contributed by atoms with Gasteiger partial charge in [-0.2, -0.15) is 0 Å². The molecule has 2 fully saturated rings. The van der Waals surface area contributed by atoms with Crippen LogP contribution in [-0.2, 0) is 9.59 Å². The van der Waals surface area contributed by atoms with Gasteiger partial charge in [-0.05, 0) is 39.0 Å². The predicted molar refractivity (Wildman–Crippen MR) is 78.0 cm³/mol. The fraction of sp³-hybridized carbons (Fsp3) is 0.867. The number of nitrogens with two attached hydrogens (primary N) is 1. The normalized spacial score (nSPS) is 23.4. The van der Waals surface area contributed by atoms with E-state index in [4.69, 9.17) is 5.73 Å². The van der Waals surface area contributed by atoms with E-state index in [0.29, 0.717) is 6.54 Å². The molecular formula is C15H27N3O2. The molecule has 0 aromatic heterocycles. The van der Waals surface area contributed by atoms with Crippen molar-refractivity contribution < 1.29 is 9.59 Å². The predicted octanol–water partition coefficient (Wildman–Crippen LogP) is 1.02. The number of carbonyl (C=O) groups excluding carboxylic acids is 2. The number of likely N-dealkylation sites (tertiary alicyclic amines) is 1. The van der Waals surface area contributed by atoms with Crippen LogP contribution in [0.25, 0.3) is 0 Å². The molecule has 1 heterocycles. The highest BCUT2D eigenvalue weighted by atomic mass is 16.2. The Morgan fingerprint density at radius 3 is 2.30 bits per heavy atom. The molecule has 1 aliphatic carbocycles. The summed E-state index contributed by atoms with van der Waals surface area (Å²) in [5.74, 6) is 0.0126. The van der Waals surface area contributed by atoms with Crippen LogP contribution in [0.3, 0.4) is 0 Å². The van der Waals surface area contributed by atoms with Crippen molar-refractivity contribution in [1.82, 2.24) is 10.2 Å². The number of nitrogens with zero attached hydrogens (tertiary/aromatic N) is 1. The second-order valence-corrected chi connectivity index (χ2v) is 6.27. The van der Waals surface area contributed by atoms with Crippen molar-refractivity contribution in [2.75, 3.05) is 19.6 Å². The van der Waals surface area contributed by atoms with E-state index in [-0.39, 0.29) is 11.8 Å². The van der Waals surface area contributed by atoms with Gasteiger partial charge in [0, 0.05) is 19.6 Å². The Bertz CT molecular complexity index is 358.